The molecule has 1 unspecified atom stereocenters. The van der Waals surface area contributed by atoms with Gasteiger partial charge in [0.25, 0.3) is 11.7 Å². The van der Waals surface area contributed by atoms with E-state index in [1.165, 1.54) is 4.90 Å². The van der Waals surface area contributed by atoms with Crippen molar-refractivity contribution < 1.29 is 14.7 Å². The highest BCUT2D eigenvalue weighted by Crippen LogP contribution is 2.40. The number of nitrogens with zero attached hydrogens (tertiary/aromatic N) is 2. The lowest BCUT2D eigenvalue weighted by atomic mass is 9.92. The Hall–Kier alpha value is -4.25. The van der Waals surface area contributed by atoms with Crippen LogP contribution in [0.15, 0.2) is 96.7 Å². The average Bonchev–Trinajstić information content (AvgIpc) is 3.13. The number of rotatable bonds is 5. The largest absolute Gasteiger partial charge is 0.507 e. The van der Waals surface area contributed by atoms with Crippen LogP contribution in [0.1, 0.15) is 48.2 Å². The van der Waals surface area contributed by atoms with Crippen molar-refractivity contribution in [1.82, 2.24) is 9.88 Å². The van der Waals surface area contributed by atoms with Gasteiger partial charge in [-0.15, -0.1) is 0 Å². The van der Waals surface area contributed by atoms with Crippen molar-refractivity contribution in [2.45, 2.75) is 32.4 Å². The van der Waals surface area contributed by atoms with E-state index in [0.717, 1.165) is 21.9 Å². The van der Waals surface area contributed by atoms with Crippen molar-refractivity contribution in [3.05, 3.63) is 119 Å². The Balaban J connectivity index is 1.65. The van der Waals surface area contributed by atoms with Crippen LogP contribution in [0.4, 0.5) is 0 Å². The number of ketones is 1. The van der Waals surface area contributed by atoms with Crippen LogP contribution in [0.2, 0.25) is 0 Å². The monoisotopic (exact) mass is 462 g/mol. The molecule has 1 aromatic heterocycles. The minimum atomic E-state index is -0.718. The summed E-state index contributed by atoms with van der Waals surface area (Å²) in [6, 6.07) is 26.0. The molecule has 0 spiro atoms. The second kappa shape index (κ2) is 9.18. The molecule has 35 heavy (non-hydrogen) atoms. The minimum absolute atomic E-state index is 0.0958. The summed E-state index contributed by atoms with van der Waals surface area (Å²) in [5, 5.41) is 13.4. The number of likely N-dealkylation sites (tertiary alicyclic amines) is 1. The molecule has 1 fully saturated rings. The Labute approximate surface area is 204 Å². The second-order valence-electron chi connectivity index (χ2n) is 9.13. The number of fused-ring (bicyclic) bond motifs is 1. The second-order valence-corrected chi connectivity index (χ2v) is 9.13. The first-order valence-electron chi connectivity index (χ1n) is 11.7. The molecule has 5 nitrogen and oxygen atoms in total. The van der Waals surface area contributed by atoms with Gasteiger partial charge in [0.2, 0.25) is 0 Å². The van der Waals surface area contributed by atoms with Crippen LogP contribution in [-0.2, 0) is 16.1 Å². The molecule has 5 heteroatoms. The Morgan fingerprint density at radius 3 is 2.31 bits per heavy atom. The van der Waals surface area contributed by atoms with Crippen molar-refractivity contribution in [2.24, 2.45) is 0 Å². The van der Waals surface area contributed by atoms with E-state index in [9.17, 15) is 14.7 Å². The van der Waals surface area contributed by atoms with E-state index in [1.807, 2.05) is 72.8 Å². The third-order valence-electron chi connectivity index (χ3n) is 6.54. The van der Waals surface area contributed by atoms with Crippen LogP contribution < -0.4 is 0 Å². The lowest BCUT2D eigenvalue weighted by molar-refractivity contribution is -0.140. The molecule has 0 bridgehead atoms. The van der Waals surface area contributed by atoms with Gasteiger partial charge in [-0.2, -0.15) is 0 Å². The number of Topliss-reactive ketones (excluding diaryl/α,β-unsaturated/α-hetero) is 1. The first kappa shape index (κ1) is 22.5. The fourth-order valence-corrected chi connectivity index (χ4v) is 4.61. The van der Waals surface area contributed by atoms with Gasteiger partial charge in [0.15, 0.2) is 0 Å². The molecule has 1 aliphatic rings. The normalized spacial score (nSPS) is 17.5. The summed E-state index contributed by atoms with van der Waals surface area (Å²) in [5.74, 6) is -1.16. The fraction of sp³-hybridized carbons (Fsp3) is 0.167. The molecular weight excluding hydrogens is 436 g/mol. The quantitative estimate of drug-likeness (QED) is 0.225. The molecule has 2 heterocycles. The number of benzene rings is 3. The summed E-state index contributed by atoms with van der Waals surface area (Å²) in [6.07, 6.45) is 1.66. The zero-order chi connectivity index (χ0) is 24.5. The standard InChI is InChI=1S/C30H26N2O3/c1-19(2)20-10-13-22(14-11-20)27-26(28(33)24-15-12-21-7-3-4-8-23(21)17-24)29(34)30(35)32(27)18-25-9-5-6-16-31-25/h3-17,19,27,33H,18H2,1-2H3/b28-26-. The van der Waals surface area contributed by atoms with Crippen molar-refractivity contribution >= 4 is 28.2 Å². The summed E-state index contributed by atoms with van der Waals surface area (Å²) < 4.78 is 0. The number of aromatic nitrogens is 1. The van der Waals surface area contributed by atoms with E-state index in [2.05, 4.69) is 18.8 Å². The molecular formula is C30H26N2O3. The maximum Gasteiger partial charge on any atom is 0.296 e. The summed E-state index contributed by atoms with van der Waals surface area (Å²) >= 11 is 0. The molecule has 1 aliphatic heterocycles. The van der Waals surface area contributed by atoms with Gasteiger partial charge in [-0.05, 0) is 46.0 Å². The average molecular weight is 463 g/mol. The van der Waals surface area contributed by atoms with E-state index in [4.69, 9.17) is 0 Å². The Bertz CT molecular complexity index is 1440. The van der Waals surface area contributed by atoms with Crippen molar-refractivity contribution in [3.8, 4) is 0 Å². The lowest BCUT2D eigenvalue weighted by Crippen LogP contribution is -2.29. The number of aliphatic hydroxyl groups is 1. The molecule has 0 saturated carbocycles. The predicted molar refractivity (Wildman–Crippen MR) is 137 cm³/mol. The van der Waals surface area contributed by atoms with E-state index in [-0.39, 0.29) is 17.9 Å². The third-order valence-corrected chi connectivity index (χ3v) is 6.54. The van der Waals surface area contributed by atoms with E-state index in [0.29, 0.717) is 17.2 Å². The number of carbonyl (C=O) groups excluding carboxylic acids is 2. The topological polar surface area (TPSA) is 70.5 Å². The van der Waals surface area contributed by atoms with Crippen LogP contribution >= 0.6 is 0 Å². The van der Waals surface area contributed by atoms with Gasteiger partial charge < -0.3 is 10.0 Å². The highest BCUT2D eigenvalue weighted by atomic mass is 16.3. The van der Waals surface area contributed by atoms with Gasteiger partial charge in [-0.1, -0.05) is 80.6 Å². The molecule has 1 atom stereocenters. The lowest BCUT2D eigenvalue weighted by Gasteiger charge is -2.25. The van der Waals surface area contributed by atoms with E-state index >= 15 is 0 Å². The Morgan fingerprint density at radius 2 is 1.63 bits per heavy atom. The zero-order valence-electron chi connectivity index (χ0n) is 19.7. The Kier molecular flexibility index (Phi) is 5.91. The number of pyridine rings is 1. The van der Waals surface area contributed by atoms with Crippen LogP contribution in [0, 0.1) is 0 Å². The maximum atomic E-state index is 13.3. The van der Waals surface area contributed by atoms with Crippen LogP contribution in [0.5, 0.6) is 0 Å². The van der Waals surface area contributed by atoms with Crippen LogP contribution in [-0.4, -0.2) is 26.7 Å². The van der Waals surface area contributed by atoms with Crippen LogP contribution in [0.3, 0.4) is 0 Å². The maximum absolute atomic E-state index is 13.3. The van der Waals surface area contributed by atoms with Crippen molar-refractivity contribution in [2.75, 3.05) is 0 Å². The molecule has 0 aliphatic carbocycles. The number of amides is 1. The van der Waals surface area contributed by atoms with Gasteiger partial charge in [0.05, 0.1) is 23.9 Å². The fourth-order valence-electron chi connectivity index (χ4n) is 4.61. The first-order chi connectivity index (χ1) is 16.9. The van der Waals surface area contributed by atoms with Crippen LogP contribution in [0.25, 0.3) is 16.5 Å². The number of hydrogen-bond donors (Lipinski definition) is 1. The smallest absolute Gasteiger partial charge is 0.296 e. The van der Waals surface area contributed by atoms with Gasteiger partial charge in [0, 0.05) is 11.8 Å². The first-order valence-corrected chi connectivity index (χ1v) is 11.7. The molecule has 174 valence electrons. The van der Waals surface area contributed by atoms with Gasteiger partial charge in [-0.25, -0.2) is 0 Å². The summed E-state index contributed by atoms with van der Waals surface area (Å²) in [6.45, 7) is 4.39. The molecule has 5 rings (SSSR count). The molecule has 4 aromatic rings. The molecule has 1 saturated heterocycles. The predicted octanol–water partition coefficient (Wildman–Crippen LogP) is 5.98. The number of aliphatic hydroxyl groups excluding tert-OH is 1. The van der Waals surface area contributed by atoms with Gasteiger partial charge >= 0.3 is 0 Å². The van der Waals surface area contributed by atoms with E-state index < -0.39 is 17.7 Å². The SMILES string of the molecule is CC(C)c1ccc(C2/C(=C(/O)c3ccc4ccccc4c3)C(=O)C(=O)N2Cc2ccccn2)cc1. The highest BCUT2D eigenvalue weighted by Gasteiger charge is 2.46. The van der Waals surface area contributed by atoms with Gasteiger partial charge in [0.1, 0.15) is 5.76 Å². The minimum Gasteiger partial charge on any atom is -0.507 e. The summed E-state index contributed by atoms with van der Waals surface area (Å²) in [5.41, 5.74) is 3.20. The van der Waals surface area contributed by atoms with Crippen molar-refractivity contribution in [3.63, 3.8) is 0 Å². The number of carbonyl (C=O) groups is 2. The van der Waals surface area contributed by atoms with E-state index in [1.54, 1.807) is 18.3 Å². The number of hydrogen-bond acceptors (Lipinski definition) is 4. The third kappa shape index (κ3) is 4.21. The van der Waals surface area contributed by atoms with Crippen molar-refractivity contribution in [1.29, 1.82) is 0 Å². The summed E-state index contributed by atoms with van der Waals surface area (Å²) in [7, 11) is 0. The summed E-state index contributed by atoms with van der Waals surface area (Å²) in [4.78, 5) is 32.4. The molecule has 1 amide bonds. The zero-order valence-corrected chi connectivity index (χ0v) is 19.7. The molecule has 1 N–H and O–H groups in total. The molecule has 3 aromatic carbocycles. The highest BCUT2D eigenvalue weighted by molar-refractivity contribution is 6.46. The molecule has 0 radical (unpaired) electrons. The Morgan fingerprint density at radius 1 is 0.914 bits per heavy atom. The van der Waals surface area contributed by atoms with Gasteiger partial charge in [-0.3, -0.25) is 14.6 Å².